The highest BCUT2D eigenvalue weighted by molar-refractivity contribution is 6.30. The molecule has 0 amide bonds. The minimum Gasteiger partial charge on any atom is -0.320 e. The van der Waals surface area contributed by atoms with Crippen LogP contribution in [0.15, 0.2) is 43.0 Å². The second-order valence-corrected chi connectivity index (χ2v) is 3.62. The molecule has 1 aromatic heterocycles. The molecule has 0 unspecified atom stereocenters. The molecule has 0 aliphatic carbocycles. The highest BCUT2D eigenvalue weighted by Crippen LogP contribution is 2.10. The fourth-order valence-corrected chi connectivity index (χ4v) is 1.34. The summed E-state index contributed by atoms with van der Waals surface area (Å²) in [6, 6.07) is 7.68. The summed E-state index contributed by atoms with van der Waals surface area (Å²) in [4.78, 5) is 0. The summed E-state index contributed by atoms with van der Waals surface area (Å²) in [5.41, 5.74) is 4.21. The minimum absolute atomic E-state index is 0.709. The summed E-state index contributed by atoms with van der Waals surface area (Å²) in [5, 5.41) is 8.11. The SMILES string of the molecule is Clc1ccc(C=CCNn2cnnc2)cc1. The van der Waals surface area contributed by atoms with Gasteiger partial charge in [-0.1, -0.05) is 35.9 Å². The maximum absolute atomic E-state index is 5.79. The van der Waals surface area contributed by atoms with Gasteiger partial charge in [-0.2, -0.15) is 0 Å². The lowest BCUT2D eigenvalue weighted by Gasteiger charge is -2.00. The molecule has 2 aromatic rings. The minimum atomic E-state index is 0.709. The molecule has 0 saturated heterocycles. The van der Waals surface area contributed by atoms with Crippen molar-refractivity contribution in [3.63, 3.8) is 0 Å². The molecule has 2 rings (SSSR count). The summed E-state index contributed by atoms with van der Waals surface area (Å²) >= 11 is 5.79. The Morgan fingerprint density at radius 3 is 2.56 bits per heavy atom. The summed E-state index contributed by atoms with van der Waals surface area (Å²) in [6.07, 6.45) is 7.25. The second kappa shape index (κ2) is 5.32. The quantitative estimate of drug-likeness (QED) is 0.882. The number of nitrogens with zero attached hydrogens (tertiary/aromatic N) is 3. The zero-order chi connectivity index (χ0) is 11.2. The fraction of sp³-hybridized carbons (Fsp3) is 0.0909. The van der Waals surface area contributed by atoms with Gasteiger partial charge in [0.15, 0.2) is 0 Å². The van der Waals surface area contributed by atoms with Crippen LogP contribution in [0.3, 0.4) is 0 Å². The van der Waals surface area contributed by atoms with Crippen LogP contribution in [0.2, 0.25) is 5.02 Å². The van der Waals surface area contributed by atoms with E-state index in [0.29, 0.717) is 6.54 Å². The molecule has 1 heterocycles. The molecule has 82 valence electrons. The van der Waals surface area contributed by atoms with E-state index in [1.54, 1.807) is 17.3 Å². The molecule has 0 radical (unpaired) electrons. The van der Waals surface area contributed by atoms with E-state index in [4.69, 9.17) is 11.6 Å². The Hall–Kier alpha value is -1.81. The largest absolute Gasteiger partial charge is 0.320 e. The maximum Gasteiger partial charge on any atom is 0.138 e. The van der Waals surface area contributed by atoms with Gasteiger partial charge < -0.3 is 5.43 Å². The first-order valence-electron chi connectivity index (χ1n) is 4.85. The molecule has 4 nitrogen and oxygen atoms in total. The lowest BCUT2D eigenvalue weighted by molar-refractivity contribution is 0.885. The van der Waals surface area contributed by atoms with E-state index in [0.717, 1.165) is 10.6 Å². The van der Waals surface area contributed by atoms with Gasteiger partial charge in [0.1, 0.15) is 12.7 Å². The molecule has 5 heteroatoms. The van der Waals surface area contributed by atoms with Gasteiger partial charge >= 0.3 is 0 Å². The van der Waals surface area contributed by atoms with Crippen LogP contribution in [0.1, 0.15) is 5.56 Å². The molecule has 1 aromatic carbocycles. The highest BCUT2D eigenvalue weighted by Gasteiger charge is 1.88. The molecule has 16 heavy (non-hydrogen) atoms. The molecule has 0 bridgehead atoms. The standard InChI is InChI=1S/C11H11ClN4/c12-11-5-3-10(4-6-11)2-1-7-15-16-8-13-14-9-16/h1-6,8-9,15H,7H2. The monoisotopic (exact) mass is 234 g/mol. The maximum atomic E-state index is 5.79. The lowest BCUT2D eigenvalue weighted by Crippen LogP contribution is -2.11. The number of hydrogen-bond donors (Lipinski definition) is 1. The van der Waals surface area contributed by atoms with Gasteiger partial charge in [-0.15, -0.1) is 10.2 Å². The van der Waals surface area contributed by atoms with Crippen LogP contribution in [0.4, 0.5) is 0 Å². The molecule has 0 saturated carbocycles. The van der Waals surface area contributed by atoms with E-state index >= 15 is 0 Å². The Balaban J connectivity index is 1.83. The Labute approximate surface area is 98.5 Å². The van der Waals surface area contributed by atoms with E-state index in [1.807, 2.05) is 36.4 Å². The summed E-state index contributed by atoms with van der Waals surface area (Å²) in [6.45, 7) is 0.709. The first kappa shape index (κ1) is 10.7. The van der Waals surface area contributed by atoms with Crippen LogP contribution in [0.25, 0.3) is 6.08 Å². The van der Waals surface area contributed by atoms with Crippen molar-refractivity contribution < 1.29 is 0 Å². The van der Waals surface area contributed by atoms with Gasteiger partial charge in [0, 0.05) is 11.6 Å². The van der Waals surface area contributed by atoms with Crippen LogP contribution in [-0.2, 0) is 0 Å². The normalized spacial score (nSPS) is 10.8. The highest BCUT2D eigenvalue weighted by atomic mass is 35.5. The first-order chi connectivity index (χ1) is 7.84. The number of benzene rings is 1. The molecule has 1 N–H and O–H groups in total. The molecular weight excluding hydrogens is 224 g/mol. The van der Waals surface area contributed by atoms with Gasteiger partial charge in [-0.3, -0.25) is 0 Å². The number of hydrogen-bond acceptors (Lipinski definition) is 3. The van der Waals surface area contributed by atoms with Crippen LogP contribution >= 0.6 is 11.6 Å². The second-order valence-electron chi connectivity index (χ2n) is 3.19. The third-order valence-electron chi connectivity index (χ3n) is 1.99. The molecular formula is C11H11ClN4. The average Bonchev–Trinajstić information content (AvgIpc) is 2.80. The predicted molar refractivity (Wildman–Crippen MR) is 64.7 cm³/mol. The summed E-state index contributed by atoms with van der Waals surface area (Å²) in [7, 11) is 0. The Kier molecular flexibility index (Phi) is 3.56. The Morgan fingerprint density at radius 1 is 1.19 bits per heavy atom. The predicted octanol–water partition coefficient (Wildman–Crippen LogP) is 2.19. The van der Waals surface area contributed by atoms with Crippen molar-refractivity contribution in [2.45, 2.75) is 0 Å². The van der Waals surface area contributed by atoms with Crippen molar-refractivity contribution in [1.29, 1.82) is 0 Å². The van der Waals surface area contributed by atoms with Gasteiger partial charge in [-0.05, 0) is 17.7 Å². The number of rotatable bonds is 4. The molecule has 0 spiro atoms. The first-order valence-corrected chi connectivity index (χ1v) is 5.23. The topological polar surface area (TPSA) is 42.7 Å². The van der Waals surface area contributed by atoms with Crippen LogP contribution in [-0.4, -0.2) is 21.4 Å². The number of nitrogens with one attached hydrogen (secondary N) is 1. The molecule has 0 fully saturated rings. The average molecular weight is 235 g/mol. The van der Waals surface area contributed by atoms with E-state index in [-0.39, 0.29) is 0 Å². The van der Waals surface area contributed by atoms with Crippen molar-refractivity contribution in [3.8, 4) is 0 Å². The molecule has 0 aliphatic rings. The van der Waals surface area contributed by atoms with Crippen LogP contribution in [0.5, 0.6) is 0 Å². The molecule has 0 atom stereocenters. The molecule has 0 aliphatic heterocycles. The zero-order valence-electron chi connectivity index (χ0n) is 8.55. The van der Waals surface area contributed by atoms with Crippen LogP contribution < -0.4 is 5.43 Å². The lowest BCUT2D eigenvalue weighted by atomic mass is 10.2. The zero-order valence-corrected chi connectivity index (χ0v) is 9.30. The van der Waals surface area contributed by atoms with E-state index in [9.17, 15) is 0 Å². The van der Waals surface area contributed by atoms with Gasteiger partial charge in [0.2, 0.25) is 0 Å². The van der Waals surface area contributed by atoms with Crippen molar-refractivity contribution in [3.05, 3.63) is 53.6 Å². The van der Waals surface area contributed by atoms with Crippen LogP contribution in [0, 0.1) is 0 Å². The Bertz CT molecular complexity index is 447. The van der Waals surface area contributed by atoms with E-state index < -0.39 is 0 Å². The van der Waals surface area contributed by atoms with Crippen molar-refractivity contribution in [2.24, 2.45) is 0 Å². The van der Waals surface area contributed by atoms with Gasteiger partial charge in [-0.25, -0.2) is 4.68 Å². The van der Waals surface area contributed by atoms with Crippen molar-refractivity contribution >= 4 is 17.7 Å². The van der Waals surface area contributed by atoms with Crippen molar-refractivity contribution in [1.82, 2.24) is 14.9 Å². The Morgan fingerprint density at radius 2 is 1.88 bits per heavy atom. The third kappa shape index (κ3) is 3.10. The van der Waals surface area contributed by atoms with Gasteiger partial charge in [0.05, 0.1) is 0 Å². The fourth-order valence-electron chi connectivity index (χ4n) is 1.21. The summed E-state index contributed by atoms with van der Waals surface area (Å²) in [5.74, 6) is 0. The summed E-state index contributed by atoms with van der Waals surface area (Å²) < 4.78 is 1.70. The third-order valence-corrected chi connectivity index (χ3v) is 2.24. The number of aromatic nitrogens is 3. The number of halogens is 1. The van der Waals surface area contributed by atoms with E-state index in [2.05, 4.69) is 15.6 Å². The van der Waals surface area contributed by atoms with E-state index in [1.165, 1.54) is 0 Å². The van der Waals surface area contributed by atoms with Crippen molar-refractivity contribution in [2.75, 3.05) is 12.0 Å². The van der Waals surface area contributed by atoms with Gasteiger partial charge in [0.25, 0.3) is 0 Å². The smallest absolute Gasteiger partial charge is 0.138 e.